The minimum atomic E-state index is -0.578. The predicted octanol–water partition coefficient (Wildman–Crippen LogP) is 1.32. The van der Waals surface area contributed by atoms with Crippen molar-refractivity contribution in [3.8, 4) is 5.75 Å². The van der Waals surface area contributed by atoms with Crippen LogP contribution in [0.15, 0.2) is 23.4 Å². The van der Waals surface area contributed by atoms with E-state index in [1.807, 2.05) is 0 Å². The van der Waals surface area contributed by atoms with Gasteiger partial charge in [0.25, 0.3) is 0 Å². The van der Waals surface area contributed by atoms with E-state index >= 15 is 0 Å². The SMILES string of the molecule is CCOc1cccc(F)c1C(N)=NO. The van der Waals surface area contributed by atoms with Crippen LogP contribution < -0.4 is 10.5 Å². The van der Waals surface area contributed by atoms with Crippen molar-refractivity contribution in [2.75, 3.05) is 6.61 Å². The van der Waals surface area contributed by atoms with Gasteiger partial charge in [0.05, 0.1) is 12.2 Å². The van der Waals surface area contributed by atoms with Crippen molar-refractivity contribution in [2.24, 2.45) is 10.9 Å². The number of halogens is 1. The highest BCUT2D eigenvalue weighted by Gasteiger charge is 2.13. The second-order valence-electron chi connectivity index (χ2n) is 2.53. The third-order valence-electron chi connectivity index (χ3n) is 1.64. The summed E-state index contributed by atoms with van der Waals surface area (Å²) in [5.41, 5.74) is 5.29. The first-order chi connectivity index (χ1) is 6.70. The van der Waals surface area contributed by atoms with Gasteiger partial charge in [0.15, 0.2) is 5.84 Å². The smallest absolute Gasteiger partial charge is 0.176 e. The first-order valence-electron chi connectivity index (χ1n) is 4.10. The van der Waals surface area contributed by atoms with Crippen molar-refractivity contribution >= 4 is 5.84 Å². The Bertz CT molecular complexity index is 353. The average molecular weight is 198 g/mol. The fourth-order valence-corrected chi connectivity index (χ4v) is 1.08. The van der Waals surface area contributed by atoms with E-state index in [9.17, 15) is 4.39 Å². The van der Waals surface area contributed by atoms with Gasteiger partial charge in [-0.3, -0.25) is 0 Å². The molecule has 0 aliphatic heterocycles. The van der Waals surface area contributed by atoms with Gasteiger partial charge >= 0.3 is 0 Å². The first kappa shape index (κ1) is 10.3. The molecule has 1 aromatic carbocycles. The summed E-state index contributed by atoms with van der Waals surface area (Å²) in [6, 6.07) is 4.27. The van der Waals surface area contributed by atoms with Gasteiger partial charge in [-0.25, -0.2) is 4.39 Å². The quantitative estimate of drug-likeness (QED) is 0.333. The van der Waals surface area contributed by atoms with Crippen LogP contribution in [0.2, 0.25) is 0 Å². The molecule has 0 fully saturated rings. The number of ether oxygens (including phenoxy) is 1. The zero-order valence-electron chi connectivity index (χ0n) is 7.70. The molecule has 0 aliphatic rings. The highest BCUT2D eigenvalue weighted by atomic mass is 19.1. The molecular weight excluding hydrogens is 187 g/mol. The van der Waals surface area contributed by atoms with Crippen molar-refractivity contribution in [3.05, 3.63) is 29.6 Å². The molecule has 5 heteroatoms. The molecular formula is C9H11FN2O2. The maximum atomic E-state index is 13.3. The van der Waals surface area contributed by atoms with Crippen LogP contribution in [0.3, 0.4) is 0 Å². The Morgan fingerprint density at radius 2 is 2.36 bits per heavy atom. The van der Waals surface area contributed by atoms with E-state index in [0.29, 0.717) is 6.61 Å². The number of nitrogens with zero attached hydrogens (tertiary/aromatic N) is 1. The number of oxime groups is 1. The Hall–Kier alpha value is -1.78. The number of nitrogens with two attached hydrogens (primary N) is 1. The van der Waals surface area contributed by atoms with E-state index in [4.69, 9.17) is 15.7 Å². The van der Waals surface area contributed by atoms with Gasteiger partial charge < -0.3 is 15.7 Å². The monoisotopic (exact) mass is 198 g/mol. The molecule has 0 amide bonds. The molecule has 0 saturated heterocycles. The average Bonchev–Trinajstić information content (AvgIpc) is 2.18. The van der Waals surface area contributed by atoms with Crippen molar-refractivity contribution in [2.45, 2.75) is 6.92 Å². The fourth-order valence-electron chi connectivity index (χ4n) is 1.08. The van der Waals surface area contributed by atoms with Crippen LogP contribution in [-0.2, 0) is 0 Å². The molecule has 76 valence electrons. The molecule has 0 spiro atoms. The van der Waals surface area contributed by atoms with Gasteiger partial charge in [0, 0.05) is 0 Å². The van der Waals surface area contributed by atoms with Crippen molar-refractivity contribution in [3.63, 3.8) is 0 Å². The van der Waals surface area contributed by atoms with Crippen LogP contribution >= 0.6 is 0 Å². The van der Waals surface area contributed by atoms with Crippen LogP contribution in [0.1, 0.15) is 12.5 Å². The van der Waals surface area contributed by atoms with E-state index in [0.717, 1.165) is 0 Å². The Labute approximate surface area is 80.8 Å². The molecule has 3 N–H and O–H groups in total. The molecule has 14 heavy (non-hydrogen) atoms. The van der Waals surface area contributed by atoms with Crippen LogP contribution in [0.4, 0.5) is 4.39 Å². The van der Waals surface area contributed by atoms with Gasteiger partial charge in [-0.05, 0) is 19.1 Å². The molecule has 0 aliphatic carbocycles. The molecule has 0 unspecified atom stereocenters. The molecule has 0 bridgehead atoms. The molecule has 4 nitrogen and oxygen atoms in total. The van der Waals surface area contributed by atoms with Crippen molar-refractivity contribution in [1.29, 1.82) is 0 Å². The Morgan fingerprint density at radius 3 is 2.93 bits per heavy atom. The molecule has 1 rings (SSSR count). The fraction of sp³-hybridized carbons (Fsp3) is 0.222. The standard InChI is InChI=1S/C9H11FN2O2/c1-2-14-7-5-3-4-6(10)8(7)9(11)12-13/h3-5,13H,2H2,1H3,(H2,11,12). The summed E-state index contributed by atoms with van der Waals surface area (Å²) in [4.78, 5) is 0. The zero-order chi connectivity index (χ0) is 10.6. The largest absolute Gasteiger partial charge is 0.493 e. The summed E-state index contributed by atoms with van der Waals surface area (Å²) in [5.74, 6) is -0.611. The van der Waals surface area contributed by atoms with E-state index in [2.05, 4.69) is 5.16 Å². The maximum absolute atomic E-state index is 13.3. The normalized spacial score (nSPS) is 11.4. The molecule has 0 aromatic heterocycles. The van der Waals surface area contributed by atoms with E-state index in [1.54, 1.807) is 13.0 Å². The lowest BCUT2D eigenvalue weighted by Crippen LogP contribution is -2.16. The lowest BCUT2D eigenvalue weighted by Gasteiger charge is -2.09. The van der Waals surface area contributed by atoms with E-state index < -0.39 is 5.82 Å². The van der Waals surface area contributed by atoms with Crippen molar-refractivity contribution in [1.82, 2.24) is 0 Å². The van der Waals surface area contributed by atoms with Crippen LogP contribution in [-0.4, -0.2) is 17.6 Å². The third kappa shape index (κ3) is 1.93. The Kier molecular flexibility index (Phi) is 3.28. The molecule has 0 radical (unpaired) electrons. The summed E-state index contributed by atoms with van der Waals surface area (Å²) < 4.78 is 18.4. The summed E-state index contributed by atoms with van der Waals surface area (Å²) in [6.07, 6.45) is 0. The summed E-state index contributed by atoms with van der Waals surface area (Å²) in [5, 5.41) is 11.2. The minimum absolute atomic E-state index is 0.0168. The first-order valence-corrected chi connectivity index (χ1v) is 4.10. The van der Waals surface area contributed by atoms with Gasteiger partial charge in [-0.1, -0.05) is 11.2 Å². The van der Waals surface area contributed by atoms with Gasteiger partial charge in [-0.15, -0.1) is 0 Å². The van der Waals surface area contributed by atoms with Crippen molar-refractivity contribution < 1.29 is 14.3 Å². The Morgan fingerprint density at radius 1 is 1.64 bits per heavy atom. The molecule has 0 heterocycles. The molecule has 0 atom stereocenters. The zero-order valence-corrected chi connectivity index (χ0v) is 7.70. The third-order valence-corrected chi connectivity index (χ3v) is 1.64. The number of rotatable bonds is 3. The van der Waals surface area contributed by atoms with Gasteiger partial charge in [0.2, 0.25) is 0 Å². The molecule has 0 saturated carbocycles. The second-order valence-corrected chi connectivity index (χ2v) is 2.53. The maximum Gasteiger partial charge on any atom is 0.176 e. The number of amidine groups is 1. The second kappa shape index (κ2) is 4.45. The highest BCUT2D eigenvalue weighted by Crippen LogP contribution is 2.20. The summed E-state index contributed by atoms with van der Waals surface area (Å²) in [7, 11) is 0. The topological polar surface area (TPSA) is 67.8 Å². The molecule has 1 aromatic rings. The minimum Gasteiger partial charge on any atom is -0.493 e. The summed E-state index contributed by atoms with van der Waals surface area (Å²) in [6.45, 7) is 2.15. The number of benzene rings is 1. The van der Waals surface area contributed by atoms with E-state index in [1.165, 1.54) is 12.1 Å². The Balaban J connectivity index is 3.22. The van der Waals surface area contributed by atoms with Gasteiger partial charge in [0.1, 0.15) is 11.6 Å². The van der Waals surface area contributed by atoms with Crippen LogP contribution in [0, 0.1) is 5.82 Å². The lowest BCUT2D eigenvalue weighted by molar-refractivity contribution is 0.316. The van der Waals surface area contributed by atoms with Crippen LogP contribution in [0.25, 0.3) is 0 Å². The van der Waals surface area contributed by atoms with Crippen LogP contribution in [0.5, 0.6) is 5.75 Å². The van der Waals surface area contributed by atoms with Gasteiger partial charge in [-0.2, -0.15) is 0 Å². The van der Waals surface area contributed by atoms with E-state index in [-0.39, 0.29) is 17.1 Å². The lowest BCUT2D eigenvalue weighted by atomic mass is 10.1. The predicted molar refractivity (Wildman–Crippen MR) is 50.1 cm³/mol. The summed E-state index contributed by atoms with van der Waals surface area (Å²) >= 11 is 0. The highest BCUT2D eigenvalue weighted by molar-refractivity contribution is 5.99. The number of hydrogen-bond acceptors (Lipinski definition) is 3. The number of hydrogen-bond donors (Lipinski definition) is 2.